The zero-order valence-electron chi connectivity index (χ0n) is 4.56. The number of halogens is 1. The molecule has 50 valence electrons. The van der Waals surface area contributed by atoms with Crippen molar-refractivity contribution in [2.24, 2.45) is 0 Å². The van der Waals surface area contributed by atoms with Crippen LogP contribution in [-0.2, 0) is 9.59 Å². The van der Waals surface area contributed by atoms with E-state index in [0.717, 1.165) is 5.01 Å². The van der Waals surface area contributed by atoms with Gasteiger partial charge < -0.3 is 0 Å². The van der Waals surface area contributed by atoms with Gasteiger partial charge in [-0.1, -0.05) is 0 Å². The van der Waals surface area contributed by atoms with Crippen LogP contribution in [0.5, 0.6) is 0 Å². The van der Waals surface area contributed by atoms with Crippen molar-refractivity contribution in [1.29, 1.82) is 0 Å². The average molecular weight is 149 g/mol. The average Bonchev–Trinajstić information content (AvgIpc) is 2.12. The maximum atomic E-state index is 10.6. The van der Waals surface area contributed by atoms with E-state index in [1.807, 2.05) is 4.94 Å². The number of carbonyl (C=O) groups is 2. The summed E-state index contributed by atoms with van der Waals surface area (Å²) in [6.07, 6.45) is 0.525. The maximum absolute atomic E-state index is 10.6. The summed E-state index contributed by atoms with van der Waals surface area (Å²) in [6, 6.07) is 0. The number of amides is 2. The summed E-state index contributed by atoms with van der Waals surface area (Å²) >= 11 is 5.03. The normalized spacial score (nSPS) is 19.4. The van der Waals surface area contributed by atoms with Crippen LogP contribution in [-0.4, -0.2) is 16.8 Å². The van der Waals surface area contributed by atoms with E-state index in [0.29, 0.717) is 0 Å². The zero-order valence-corrected chi connectivity index (χ0v) is 5.31. The van der Waals surface area contributed by atoms with Gasteiger partial charge in [0, 0.05) is 12.8 Å². The van der Waals surface area contributed by atoms with Gasteiger partial charge in [-0.15, -0.1) is 4.94 Å². The predicted octanol–water partition coefficient (Wildman–Crippen LogP) is -0.206. The lowest BCUT2D eigenvalue weighted by molar-refractivity contribution is -0.140. The van der Waals surface area contributed by atoms with Crippen molar-refractivity contribution in [2.45, 2.75) is 12.8 Å². The molecule has 1 heterocycles. The molecule has 1 N–H and O–H groups in total. The first-order chi connectivity index (χ1) is 4.25. The largest absolute Gasteiger partial charge is 0.273 e. The monoisotopic (exact) mass is 148 g/mol. The van der Waals surface area contributed by atoms with Gasteiger partial charge in [0.25, 0.3) is 0 Å². The predicted molar refractivity (Wildman–Crippen MR) is 30.1 cm³/mol. The summed E-state index contributed by atoms with van der Waals surface area (Å²) in [5.74, 6) is -0.537. The Kier molecular flexibility index (Phi) is 1.68. The third-order valence-corrected chi connectivity index (χ3v) is 1.31. The Balaban J connectivity index is 2.66. The van der Waals surface area contributed by atoms with E-state index in [2.05, 4.69) is 0 Å². The molecule has 0 atom stereocenters. The first kappa shape index (κ1) is 6.51. The Hall–Kier alpha value is -0.610. The first-order valence-corrected chi connectivity index (χ1v) is 2.85. The highest BCUT2D eigenvalue weighted by molar-refractivity contribution is 6.16. The zero-order chi connectivity index (χ0) is 6.85. The Morgan fingerprint density at radius 1 is 1.33 bits per heavy atom. The van der Waals surface area contributed by atoms with Crippen LogP contribution >= 0.6 is 11.8 Å². The summed E-state index contributed by atoms with van der Waals surface area (Å²) in [7, 11) is 0. The second kappa shape index (κ2) is 2.33. The van der Waals surface area contributed by atoms with Crippen LogP contribution in [0.1, 0.15) is 12.8 Å². The quantitative estimate of drug-likeness (QED) is 0.414. The summed E-state index contributed by atoms with van der Waals surface area (Å²) in [5, 5.41) is 0.807. The lowest BCUT2D eigenvalue weighted by Gasteiger charge is -2.06. The Labute approximate surface area is 56.8 Å². The second-order valence-electron chi connectivity index (χ2n) is 1.71. The van der Waals surface area contributed by atoms with E-state index in [4.69, 9.17) is 11.8 Å². The van der Waals surface area contributed by atoms with E-state index in [9.17, 15) is 9.59 Å². The van der Waals surface area contributed by atoms with Crippen LogP contribution in [0, 0.1) is 0 Å². The molecular formula is C4H5ClN2O2. The summed E-state index contributed by atoms with van der Waals surface area (Å²) in [5.41, 5.74) is 0. The Morgan fingerprint density at radius 3 is 2.00 bits per heavy atom. The van der Waals surface area contributed by atoms with Crippen molar-refractivity contribution in [3.8, 4) is 0 Å². The van der Waals surface area contributed by atoms with Crippen molar-refractivity contribution >= 4 is 23.6 Å². The van der Waals surface area contributed by atoms with Gasteiger partial charge in [-0.3, -0.25) is 9.59 Å². The van der Waals surface area contributed by atoms with Gasteiger partial charge in [-0.25, -0.2) is 0 Å². The first-order valence-electron chi connectivity index (χ1n) is 2.48. The SMILES string of the molecule is O=C1CCC(=O)N1NCl. The summed E-state index contributed by atoms with van der Waals surface area (Å²) < 4.78 is 0. The van der Waals surface area contributed by atoms with Crippen molar-refractivity contribution in [1.82, 2.24) is 9.95 Å². The van der Waals surface area contributed by atoms with Gasteiger partial charge in [0.05, 0.1) is 0 Å². The van der Waals surface area contributed by atoms with Crippen LogP contribution in [0.3, 0.4) is 0 Å². The molecule has 9 heavy (non-hydrogen) atoms. The molecule has 1 fully saturated rings. The molecule has 0 aliphatic carbocycles. The van der Waals surface area contributed by atoms with Crippen LogP contribution in [0.25, 0.3) is 0 Å². The topological polar surface area (TPSA) is 49.4 Å². The molecule has 1 rings (SSSR count). The highest BCUT2D eigenvalue weighted by Crippen LogP contribution is 2.08. The van der Waals surface area contributed by atoms with Gasteiger partial charge in [0.1, 0.15) is 0 Å². The van der Waals surface area contributed by atoms with Crippen molar-refractivity contribution in [2.75, 3.05) is 0 Å². The molecule has 4 nitrogen and oxygen atoms in total. The van der Waals surface area contributed by atoms with Gasteiger partial charge in [-0.05, 0) is 11.8 Å². The molecule has 0 aromatic heterocycles. The van der Waals surface area contributed by atoms with Gasteiger partial charge in [0.2, 0.25) is 11.8 Å². The smallest absolute Gasteiger partial charge is 0.245 e. The number of nitrogens with one attached hydrogen (secondary N) is 1. The van der Waals surface area contributed by atoms with Crippen LogP contribution in [0.4, 0.5) is 0 Å². The molecule has 5 heteroatoms. The standard InChI is InChI=1S/C4H5ClN2O2/c5-6-7-3(8)1-2-4(7)9/h6H,1-2H2. The van der Waals surface area contributed by atoms with E-state index < -0.39 is 0 Å². The molecule has 0 aromatic carbocycles. The fourth-order valence-corrected chi connectivity index (χ4v) is 0.859. The number of hydrogen-bond acceptors (Lipinski definition) is 3. The minimum absolute atomic E-state index is 0.262. The molecule has 0 spiro atoms. The number of hydrazine groups is 1. The molecule has 0 bridgehead atoms. The van der Waals surface area contributed by atoms with E-state index in [-0.39, 0.29) is 24.7 Å². The molecule has 2 amide bonds. The van der Waals surface area contributed by atoms with Crippen molar-refractivity contribution in [3.63, 3.8) is 0 Å². The minimum atomic E-state index is -0.269. The number of imide groups is 1. The molecule has 0 saturated carbocycles. The summed E-state index contributed by atoms with van der Waals surface area (Å²) in [4.78, 5) is 23.1. The van der Waals surface area contributed by atoms with Crippen molar-refractivity contribution < 1.29 is 9.59 Å². The lowest BCUT2D eigenvalue weighted by Crippen LogP contribution is -2.35. The Bertz CT molecular complexity index is 143. The number of hydrogen-bond donors (Lipinski definition) is 1. The van der Waals surface area contributed by atoms with E-state index in [1.165, 1.54) is 0 Å². The number of carbonyl (C=O) groups excluding carboxylic acids is 2. The van der Waals surface area contributed by atoms with Gasteiger partial charge in [0.15, 0.2) is 0 Å². The van der Waals surface area contributed by atoms with Crippen LogP contribution in [0.15, 0.2) is 0 Å². The molecule has 0 radical (unpaired) electrons. The van der Waals surface area contributed by atoms with Gasteiger partial charge >= 0.3 is 0 Å². The summed E-state index contributed by atoms with van der Waals surface area (Å²) in [6.45, 7) is 0. The van der Waals surface area contributed by atoms with E-state index in [1.54, 1.807) is 0 Å². The molecule has 0 unspecified atom stereocenters. The number of rotatable bonds is 1. The Morgan fingerprint density at radius 2 is 1.78 bits per heavy atom. The third kappa shape index (κ3) is 1.04. The van der Waals surface area contributed by atoms with Crippen molar-refractivity contribution in [3.05, 3.63) is 0 Å². The minimum Gasteiger partial charge on any atom is -0.273 e. The number of nitrogens with zero attached hydrogens (tertiary/aromatic N) is 1. The maximum Gasteiger partial charge on any atom is 0.245 e. The molecule has 1 saturated heterocycles. The molecule has 1 aliphatic heterocycles. The van der Waals surface area contributed by atoms with Crippen LogP contribution < -0.4 is 4.94 Å². The van der Waals surface area contributed by atoms with Crippen LogP contribution in [0.2, 0.25) is 0 Å². The molecule has 0 aromatic rings. The fraction of sp³-hybridized carbons (Fsp3) is 0.500. The highest BCUT2D eigenvalue weighted by Gasteiger charge is 2.28. The van der Waals surface area contributed by atoms with E-state index >= 15 is 0 Å². The highest BCUT2D eigenvalue weighted by atomic mass is 35.5. The fourth-order valence-electron chi connectivity index (χ4n) is 0.671. The molecule has 1 aliphatic rings. The molecular weight excluding hydrogens is 144 g/mol. The third-order valence-electron chi connectivity index (χ3n) is 1.14. The van der Waals surface area contributed by atoms with Gasteiger partial charge in [-0.2, -0.15) is 5.01 Å². The second-order valence-corrected chi connectivity index (χ2v) is 1.88. The lowest BCUT2D eigenvalue weighted by atomic mass is 10.4.